The molecule has 9 aromatic carbocycles. The summed E-state index contributed by atoms with van der Waals surface area (Å²) in [5, 5.41) is 11.1. The lowest BCUT2D eigenvalue weighted by molar-refractivity contribution is 0.590. The van der Waals surface area contributed by atoms with Gasteiger partial charge in [-0.25, -0.2) is 0 Å². The highest BCUT2D eigenvalue weighted by Crippen LogP contribution is 2.48. The summed E-state index contributed by atoms with van der Waals surface area (Å²) < 4.78 is 0. The van der Waals surface area contributed by atoms with Gasteiger partial charge in [0.05, 0.1) is 0 Å². The van der Waals surface area contributed by atoms with Gasteiger partial charge in [-0.05, 0) is 80.3 Å². The molecule has 0 atom stereocenters. The van der Waals surface area contributed by atoms with Crippen LogP contribution >= 0.6 is 0 Å². The lowest BCUT2D eigenvalue weighted by Gasteiger charge is -2.35. The minimum absolute atomic E-state index is 0.0777. The Hall–Kier alpha value is -6.59. The van der Waals surface area contributed by atoms with Gasteiger partial charge in [0, 0.05) is 5.92 Å². The normalized spacial score (nSPS) is 12.8. The molecule has 0 N–H and O–H groups in total. The van der Waals surface area contributed by atoms with Crippen molar-refractivity contribution >= 4 is 57.6 Å². The van der Waals surface area contributed by atoms with E-state index >= 15 is 0 Å². The van der Waals surface area contributed by atoms with E-state index in [2.05, 4.69) is 263 Å². The van der Waals surface area contributed by atoms with Gasteiger partial charge in [0.1, 0.15) is 0 Å². The van der Waals surface area contributed by atoms with Crippen molar-refractivity contribution in [2.24, 2.45) is 0 Å². The van der Waals surface area contributed by atoms with Crippen molar-refractivity contribution in [3.63, 3.8) is 0 Å². The second-order valence-electron chi connectivity index (χ2n) is 17.6. The predicted molar refractivity (Wildman–Crippen MR) is 265 cm³/mol. The molecule has 2 heteroatoms. The van der Waals surface area contributed by atoms with E-state index < -0.39 is 16.1 Å². The van der Waals surface area contributed by atoms with Crippen LogP contribution in [0.1, 0.15) is 48.9 Å². The smallest absolute Gasteiger partial charge is 0.0623 e. The zero-order chi connectivity index (χ0) is 41.4. The van der Waals surface area contributed by atoms with Crippen molar-refractivity contribution in [1.29, 1.82) is 0 Å². The third-order valence-electron chi connectivity index (χ3n) is 13.2. The first-order valence-electron chi connectivity index (χ1n) is 21.6. The van der Waals surface area contributed by atoms with Gasteiger partial charge in [0.15, 0.2) is 16.1 Å². The van der Waals surface area contributed by atoms with Crippen molar-refractivity contribution in [2.45, 2.75) is 32.1 Å². The lowest BCUT2D eigenvalue weighted by atomic mass is 9.84. The topological polar surface area (TPSA) is 0 Å². The van der Waals surface area contributed by atoms with Crippen LogP contribution in [0.4, 0.5) is 0 Å². The van der Waals surface area contributed by atoms with Gasteiger partial charge >= 0.3 is 0 Å². The van der Waals surface area contributed by atoms with E-state index in [1.807, 2.05) is 0 Å². The Bertz CT molecular complexity index is 2530. The summed E-state index contributed by atoms with van der Waals surface area (Å²) >= 11 is 0. The van der Waals surface area contributed by atoms with E-state index in [0.29, 0.717) is 0 Å². The summed E-state index contributed by atoms with van der Waals surface area (Å²) in [4.78, 5) is 0. The highest BCUT2D eigenvalue weighted by molar-refractivity contribution is 7.20. The van der Waals surface area contributed by atoms with Crippen molar-refractivity contribution in [1.82, 2.24) is 0 Å². The van der Waals surface area contributed by atoms with Gasteiger partial charge in [-0.2, -0.15) is 0 Å². The molecule has 0 amide bonds. The molecule has 0 radical (unpaired) electrons. The molecule has 0 saturated heterocycles. The number of hydrogen-bond donors (Lipinski definition) is 0. The molecule has 0 heterocycles. The SMILES string of the molecule is CC(C)(C)c1ccc(C2c3ccc([Si](c4ccccc4)(c4ccccc4)c4ccccc4)cc3-c3cc([Si](c4ccccc4)(c4ccccc4)c4ccccc4)ccc32)cc1. The van der Waals surface area contributed by atoms with Gasteiger partial charge in [-0.3, -0.25) is 0 Å². The fraction of sp³-hybridized carbons (Fsp3) is 0.0847. The molecule has 0 saturated carbocycles. The average molecular weight is 815 g/mol. The molecule has 294 valence electrons. The largest absolute Gasteiger partial charge is 0.179 e. The van der Waals surface area contributed by atoms with Crippen LogP contribution in [0.25, 0.3) is 11.1 Å². The molecular weight excluding hydrogens is 765 g/mol. The second-order valence-corrected chi connectivity index (χ2v) is 25.2. The van der Waals surface area contributed by atoms with E-state index in [0.717, 1.165) is 0 Å². The van der Waals surface area contributed by atoms with Gasteiger partial charge in [0.2, 0.25) is 0 Å². The highest BCUT2D eigenvalue weighted by Gasteiger charge is 2.45. The standard InChI is InChI=1S/C59H50Si2/c1-59(2,3)45-36-34-44(35-37-45)58-54-40-38-52(60(46-22-10-4-11-23-46,47-24-12-5-13-25-47)48-26-14-6-15-27-48)42-56(54)57-43-53(39-41-55(57)58)61(49-28-16-7-17-29-49,50-30-18-8-19-31-50)51-32-20-9-21-33-51/h4-43,58H,1-3H3. The summed E-state index contributed by atoms with van der Waals surface area (Å²) in [6, 6.07) is 92.5. The van der Waals surface area contributed by atoms with E-state index in [4.69, 9.17) is 0 Å². The monoisotopic (exact) mass is 814 g/mol. The molecule has 0 spiro atoms. The van der Waals surface area contributed by atoms with Crippen LogP contribution in [0.15, 0.2) is 243 Å². The minimum Gasteiger partial charge on any atom is -0.0623 e. The maximum atomic E-state index is 2.61. The van der Waals surface area contributed by atoms with E-state index in [-0.39, 0.29) is 11.3 Å². The first-order chi connectivity index (χ1) is 29.9. The number of benzene rings is 9. The summed E-state index contributed by atoms with van der Waals surface area (Å²) in [5.41, 5.74) is 8.21. The van der Waals surface area contributed by atoms with Crippen LogP contribution in [-0.2, 0) is 5.41 Å². The Morgan fingerprint density at radius 1 is 0.295 bits per heavy atom. The molecule has 0 aliphatic heterocycles. The molecule has 0 unspecified atom stereocenters. The van der Waals surface area contributed by atoms with Crippen molar-refractivity contribution in [2.75, 3.05) is 0 Å². The maximum Gasteiger partial charge on any atom is 0.179 e. The third kappa shape index (κ3) is 6.50. The molecule has 0 bridgehead atoms. The van der Waals surface area contributed by atoms with Crippen LogP contribution in [-0.4, -0.2) is 16.1 Å². The quantitative estimate of drug-likeness (QED) is 0.101. The van der Waals surface area contributed by atoms with Crippen LogP contribution in [0.3, 0.4) is 0 Å². The Labute approximate surface area is 363 Å². The second kappa shape index (κ2) is 15.8. The molecule has 9 aromatic rings. The first kappa shape index (κ1) is 38.6. The third-order valence-corrected chi connectivity index (χ3v) is 22.8. The van der Waals surface area contributed by atoms with Gasteiger partial charge in [-0.1, -0.05) is 263 Å². The fourth-order valence-electron chi connectivity index (χ4n) is 10.4. The zero-order valence-electron chi connectivity index (χ0n) is 35.2. The summed E-state index contributed by atoms with van der Waals surface area (Å²) in [5.74, 6) is 0.115. The van der Waals surface area contributed by atoms with Crippen molar-refractivity contribution in [3.05, 3.63) is 265 Å². The molecule has 1 aliphatic rings. The van der Waals surface area contributed by atoms with Crippen molar-refractivity contribution in [3.8, 4) is 11.1 Å². The fourth-order valence-corrected chi connectivity index (χ4v) is 19.9. The molecule has 0 fully saturated rings. The van der Waals surface area contributed by atoms with Crippen LogP contribution in [0.2, 0.25) is 0 Å². The van der Waals surface area contributed by atoms with E-state index in [9.17, 15) is 0 Å². The summed E-state index contributed by atoms with van der Waals surface area (Å²) in [7, 11) is -5.59. The van der Waals surface area contributed by atoms with Gasteiger partial charge < -0.3 is 0 Å². The molecular formula is C59H50Si2. The molecule has 0 nitrogen and oxygen atoms in total. The predicted octanol–water partition coefficient (Wildman–Crippen LogP) is 8.90. The van der Waals surface area contributed by atoms with E-state index in [1.54, 1.807) is 0 Å². The minimum atomic E-state index is -2.79. The van der Waals surface area contributed by atoms with Crippen LogP contribution in [0.5, 0.6) is 0 Å². The Morgan fingerprint density at radius 3 is 0.836 bits per heavy atom. The first-order valence-corrected chi connectivity index (χ1v) is 25.6. The van der Waals surface area contributed by atoms with Crippen LogP contribution in [0, 0.1) is 0 Å². The highest BCUT2D eigenvalue weighted by atomic mass is 28.3. The molecule has 0 aromatic heterocycles. The van der Waals surface area contributed by atoms with E-state index in [1.165, 1.54) is 74.9 Å². The van der Waals surface area contributed by atoms with Gasteiger partial charge in [-0.15, -0.1) is 0 Å². The van der Waals surface area contributed by atoms with Gasteiger partial charge in [0.25, 0.3) is 0 Å². The molecule has 1 aliphatic carbocycles. The van der Waals surface area contributed by atoms with Crippen molar-refractivity contribution < 1.29 is 0 Å². The zero-order valence-corrected chi connectivity index (χ0v) is 37.2. The maximum absolute atomic E-state index is 2.79. The van der Waals surface area contributed by atoms with Crippen LogP contribution < -0.4 is 41.5 Å². The number of rotatable bonds is 9. The number of fused-ring (bicyclic) bond motifs is 3. The molecule has 61 heavy (non-hydrogen) atoms. The average Bonchev–Trinajstić information content (AvgIpc) is 3.65. The Morgan fingerprint density at radius 2 is 0.574 bits per heavy atom. The molecule has 10 rings (SSSR count). The lowest BCUT2D eigenvalue weighted by Crippen LogP contribution is -2.74. The Kier molecular flexibility index (Phi) is 9.99. The summed E-state index contributed by atoms with van der Waals surface area (Å²) in [6.07, 6.45) is 0. The summed E-state index contributed by atoms with van der Waals surface area (Å²) in [6.45, 7) is 6.90. The number of hydrogen-bond acceptors (Lipinski definition) is 0. The Balaban J connectivity index is 1.28.